The van der Waals surface area contributed by atoms with E-state index >= 15 is 0 Å². The number of halogens is 1. The summed E-state index contributed by atoms with van der Waals surface area (Å²) in [6.45, 7) is 8.17. The molecule has 0 radical (unpaired) electrons. The Morgan fingerprint density at radius 1 is 1.08 bits per heavy atom. The van der Waals surface area contributed by atoms with E-state index in [-0.39, 0.29) is 5.41 Å². The van der Waals surface area contributed by atoms with Crippen LogP contribution in [0.15, 0.2) is 0 Å². The highest BCUT2D eigenvalue weighted by atomic mass is 127. The minimum Gasteiger partial charge on any atom is -0.218 e. The fourth-order valence-electron chi connectivity index (χ4n) is 0.785. The smallest absolute Gasteiger partial charge is 0.194 e. The first-order valence-electron chi connectivity index (χ1n) is 3.78. The lowest BCUT2D eigenvalue weighted by atomic mass is 9.96. The average molecular weight is 277 g/mol. The van der Waals surface area contributed by atoms with Crippen molar-refractivity contribution < 1.29 is 0 Å². The van der Waals surface area contributed by atoms with Gasteiger partial charge in [0.25, 0.3) is 0 Å². The molecule has 0 fully saturated rings. The third kappa shape index (κ3) is 2.36. The molecule has 1 rings (SSSR count). The zero-order valence-corrected chi connectivity index (χ0v) is 9.88. The molecule has 0 aliphatic rings. The number of hydrogen-bond acceptors (Lipinski definition) is 3. The van der Waals surface area contributed by atoms with Gasteiger partial charge in [-0.1, -0.05) is 20.8 Å². The molecule has 1 aromatic heterocycles. The Bertz CT molecular complexity index is 271. The van der Waals surface area contributed by atoms with Gasteiger partial charge in [0.05, 0.1) is 0 Å². The summed E-state index contributed by atoms with van der Waals surface area (Å²) in [5.41, 5.74) is 0.00756. The van der Waals surface area contributed by atoms with Gasteiger partial charge in [-0.15, -0.1) is 0 Å². The Morgan fingerprint density at radius 2 is 1.67 bits per heavy atom. The lowest BCUT2D eigenvalue weighted by Crippen LogP contribution is -2.18. The molecule has 0 N–H and O–H groups in total. The second-order valence-corrected chi connectivity index (χ2v) is 4.69. The largest absolute Gasteiger partial charge is 0.218 e. The molecule has 0 aliphatic heterocycles. The normalized spacial score (nSPS) is 11.8. The van der Waals surface area contributed by atoms with Crippen LogP contribution in [0.2, 0.25) is 0 Å². The molecule has 0 aliphatic carbocycles. The van der Waals surface area contributed by atoms with Crippen molar-refractivity contribution in [3.8, 4) is 0 Å². The SMILES string of the molecule is Cc1nc(I)nc(C(C)(C)C)n1. The number of aromatic nitrogens is 3. The first-order chi connectivity index (χ1) is 5.39. The summed E-state index contributed by atoms with van der Waals surface area (Å²) < 4.78 is 0.769. The Balaban J connectivity index is 3.18. The lowest BCUT2D eigenvalue weighted by Gasteiger charge is -2.16. The molecular weight excluding hydrogens is 265 g/mol. The van der Waals surface area contributed by atoms with Gasteiger partial charge in [-0.3, -0.25) is 0 Å². The molecule has 66 valence electrons. The lowest BCUT2D eigenvalue weighted by molar-refractivity contribution is 0.535. The van der Waals surface area contributed by atoms with Crippen molar-refractivity contribution in [2.75, 3.05) is 0 Å². The molecular formula is C8H12IN3. The van der Waals surface area contributed by atoms with Crippen LogP contribution in [0, 0.1) is 10.8 Å². The van der Waals surface area contributed by atoms with E-state index in [1.807, 2.05) is 6.92 Å². The van der Waals surface area contributed by atoms with Crippen LogP contribution in [0.5, 0.6) is 0 Å². The van der Waals surface area contributed by atoms with Crippen LogP contribution in [-0.4, -0.2) is 15.0 Å². The minimum absolute atomic E-state index is 0.00756. The summed E-state index contributed by atoms with van der Waals surface area (Å²) in [5.74, 6) is 1.65. The Morgan fingerprint density at radius 3 is 2.08 bits per heavy atom. The Kier molecular flexibility index (Phi) is 2.65. The first kappa shape index (κ1) is 9.83. The van der Waals surface area contributed by atoms with Gasteiger partial charge in [-0.05, 0) is 6.92 Å². The fourth-order valence-corrected chi connectivity index (χ4v) is 1.36. The molecule has 12 heavy (non-hydrogen) atoms. The average Bonchev–Trinajstić information content (AvgIpc) is 1.82. The van der Waals surface area contributed by atoms with Crippen LogP contribution in [0.3, 0.4) is 0 Å². The topological polar surface area (TPSA) is 38.7 Å². The number of hydrogen-bond donors (Lipinski definition) is 0. The van der Waals surface area contributed by atoms with E-state index in [0.717, 1.165) is 15.5 Å². The van der Waals surface area contributed by atoms with Gasteiger partial charge in [0, 0.05) is 28.0 Å². The second kappa shape index (κ2) is 3.24. The molecule has 1 aromatic rings. The van der Waals surface area contributed by atoms with Crippen molar-refractivity contribution in [1.82, 2.24) is 15.0 Å². The van der Waals surface area contributed by atoms with E-state index in [4.69, 9.17) is 0 Å². The fraction of sp³-hybridized carbons (Fsp3) is 0.625. The van der Waals surface area contributed by atoms with E-state index in [1.165, 1.54) is 0 Å². The third-order valence-electron chi connectivity index (χ3n) is 1.39. The van der Waals surface area contributed by atoms with Crippen LogP contribution in [-0.2, 0) is 5.41 Å². The van der Waals surface area contributed by atoms with Crippen LogP contribution in [0.1, 0.15) is 32.4 Å². The maximum atomic E-state index is 4.28. The minimum atomic E-state index is 0.00756. The second-order valence-electron chi connectivity index (χ2n) is 3.73. The summed E-state index contributed by atoms with van der Waals surface area (Å²) in [5, 5.41) is 0. The maximum absolute atomic E-state index is 4.28. The van der Waals surface area contributed by atoms with Gasteiger partial charge in [-0.2, -0.15) is 0 Å². The molecule has 1 heterocycles. The van der Waals surface area contributed by atoms with Gasteiger partial charge < -0.3 is 0 Å². The summed E-state index contributed by atoms with van der Waals surface area (Å²) in [6.07, 6.45) is 0. The number of rotatable bonds is 0. The van der Waals surface area contributed by atoms with Gasteiger partial charge in [0.15, 0.2) is 3.83 Å². The molecule has 0 unspecified atom stereocenters. The van der Waals surface area contributed by atoms with E-state index in [0.29, 0.717) is 0 Å². The third-order valence-corrected chi connectivity index (χ3v) is 1.87. The van der Waals surface area contributed by atoms with Crippen molar-refractivity contribution in [2.45, 2.75) is 33.1 Å². The van der Waals surface area contributed by atoms with Crippen molar-refractivity contribution in [3.63, 3.8) is 0 Å². The molecule has 3 nitrogen and oxygen atoms in total. The van der Waals surface area contributed by atoms with Crippen molar-refractivity contribution in [2.24, 2.45) is 0 Å². The summed E-state index contributed by atoms with van der Waals surface area (Å²) in [4.78, 5) is 12.7. The van der Waals surface area contributed by atoms with Crippen LogP contribution in [0.4, 0.5) is 0 Å². The molecule has 0 amide bonds. The highest BCUT2D eigenvalue weighted by Crippen LogP contribution is 2.17. The molecule has 0 spiro atoms. The monoisotopic (exact) mass is 277 g/mol. The quantitative estimate of drug-likeness (QED) is 0.681. The predicted molar refractivity (Wildman–Crippen MR) is 56.0 cm³/mol. The zero-order valence-electron chi connectivity index (χ0n) is 7.72. The number of nitrogens with zero attached hydrogens (tertiary/aromatic N) is 3. The van der Waals surface area contributed by atoms with Gasteiger partial charge >= 0.3 is 0 Å². The summed E-state index contributed by atoms with van der Waals surface area (Å²) in [6, 6.07) is 0. The maximum Gasteiger partial charge on any atom is 0.194 e. The zero-order chi connectivity index (χ0) is 9.35. The van der Waals surface area contributed by atoms with E-state index < -0.39 is 0 Å². The van der Waals surface area contributed by atoms with E-state index in [9.17, 15) is 0 Å². The van der Waals surface area contributed by atoms with E-state index in [2.05, 4.69) is 58.3 Å². The molecule has 4 heteroatoms. The molecule has 0 saturated heterocycles. The van der Waals surface area contributed by atoms with Gasteiger partial charge in [0.1, 0.15) is 11.6 Å². The molecule has 0 atom stereocenters. The van der Waals surface area contributed by atoms with Crippen molar-refractivity contribution in [3.05, 3.63) is 15.5 Å². The highest BCUT2D eigenvalue weighted by molar-refractivity contribution is 14.1. The standard InChI is InChI=1S/C8H12IN3/c1-5-10-6(8(2,3)4)12-7(9)11-5/h1-4H3. The Hall–Kier alpha value is -0.260. The predicted octanol–water partition coefficient (Wildman–Crippen LogP) is 2.08. The molecule has 0 bridgehead atoms. The van der Waals surface area contributed by atoms with Gasteiger partial charge in [0.2, 0.25) is 0 Å². The van der Waals surface area contributed by atoms with Crippen LogP contribution >= 0.6 is 22.6 Å². The summed E-state index contributed by atoms with van der Waals surface area (Å²) in [7, 11) is 0. The van der Waals surface area contributed by atoms with E-state index in [1.54, 1.807) is 0 Å². The Labute approximate surface area is 86.2 Å². The van der Waals surface area contributed by atoms with Crippen LogP contribution < -0.4 is 0 Å². The highest BCUT2D eigenvalue weighted by Gasteiger charge is 2.18. The molecule has 0 saturated carbocycles. The van der Waals surface area contributed by atoms with Crippen molar-refractivity contribution in [1.29, 1.82) is 0 Å². The molecule has 0 aromatic carbocycles. The first-order valence-corrected chi connectivity index (χ1v) is 4.86. The van der Waals surface area contributed by atoms with Crippen molar-refractivity contribution >= 4 is 22.6 Å². The van der Waals surface area contributed by atoms with Crippen LogP contribution in [0.25, 0.3) is 0 Å². The van der Waals surface area contributed by atoms with Gasteiger partial charge in [-0.25, -0.2) is 15.0 Å². The summed E-state index contributed by atoms with van der Waals surface area (Å²) >= 11 is 2.11. The number of aryl methyl sites for hydroxylation is 1.